The number of hydrogen-bond donors (Lipinski definition) is 1. The van der Waals surface area contributed by atoms with Gasteiger partial charge in [0, 0.05) is 21.8 Å². The van der Waals surface area contributed by atoms with Crippen molar-refractivity contribution in [1.29, 1.82) is 0 Å². The van der Waals surface area contributed by atoms with Gasteiger partial charge in [0.25, 0.3) is 5.56 Å². The molecule has 22 heavy (non-hydrogen) atoms. The number of nitrogens with one attached hydrogen (secondary N) is 1. The summed E-state index contributed by atoms with van der Waals surface area (Å²) in [4.78, 5) is 27.4. The lowest BCUT2D eigenvalue weighted by molar-refractivity contribution is 0.0984. The van der Waals surface area contributed by atoms with Crippen molar-refractivity contribution < 1.29 is 4.79 Å². The number of aromatic nitrogens is 1. The van der Waals surface area contributed by atoms with E-state index in [1.165, 1.54) is 0 Å². The normalized spacial score (nSPS) is 10.8. The molecule has 2 aromatic carbocycles. The van der Waals surface area contributed by atoms with Crippen LogP contribution in [0, 0.1) is 0 Å². The van der Waals surface area contributed by atoms with Gasteiger partial charge in [-0.2, -0.15) is 0 Å². The second kappa shape index (κ2) is 5.89. The van der Waals surface area contributed by atoms with Gasteiger partial charge >= 0.3 is 0 Å². The standard InChI is InChI=1S/C18H14BrNO2/c1-2-15(21)17-16(11-6-4-3-5-7-11)14-10-12(19)8-9-13(14)18(22)20-17/h3-10H,2H2,1H3,(H,20,22). The highest BCUT2D eigenvalue weighted by Crippen LogP contribution is 2.31. The van der Waals surface area contributed by atoms with E-state index >= 15 is 0 Å². The van der Waals surface area contributed by atoms with E-state index in [0.29, 0.717) is 17.5 Å². The van der Waals surface area contributed by atoms with Crippen LogP contribution < -0.4 is 5.56 Å². The fourth-order valence-corrected chi connectivity index (χ4v) is 2.95. The van der Waals surface area contributed by atoms with Crippen molar-refractivity contribution in [1.82, 2.24) is 4.98 Å². The first-order valence-corrected chi connectivity index (χ1v) is 7.85. The molecule has 3 aromatic rings. The number of rotatable bonds is 3. The molecule has 0 radical (unpaired) electrons. The number of aromatic amines is 1. The lowest BCUT2D eigenvalue weighted by Crippen LogP contribution is -2.15. The summed E-state index contributed by atoms with van der Waals surface area (Å²) in [5.41, 5.74) is 1.84. The molecule has 0 saturated carbocycles. The van der Waals surface area contributed by atoms with Crippen LogP contribution in [0.15, 0.2) is 57.8 Å². The Morgan fingerprint density at radius 1 is 1.09 bits per heavy atom. The molecule has 1 heterocycles. The summed E-state index contributed by atoms with van der Waals surface area (Å²) in [6.45, 7) is 1.79. The van der Waals surface area contributed by atoms with Crippen LogP contribution in [-0.2, 0) is 0 Å². The van der Waals surface area contributed by atoms with E-state index in [4.69, 9.17) is 0 Å². The maximum atomic E-state index is 12.3. The number of pyridine rings is 1. The summed E-state index contributed by atoms with van der Waals surface area (Å²) in [6, 6.07) is 15.1. The first kappa shape index (κ1) is 14.7. The van der Waals surface area contributed by atoms with E-state index in [1.54, 1.807) is 13.0 Å². The lowest BCUT2D eigenvalue weighted by atomic mass is 9.95. The fourth-order valence-electron chi connectivity index (χ4n) is 2.59. The molecule has 0 aliphatic rings. The average molecular weight is 356 g/mol. The van der Waals surface area contributed by atoms with E-state index in [2.05, 4.69) is 20.9 Å². The molecule has 3 rings (SSSR count). The van der Waals surface area contributed by atoms with Gasteiger partial charge in [0.2, 0.25) is 0 Å². The first-order chi connectivity index (χ1) is 10.6. The van der Waals surface area contributed by atoms with Crippen LogP contribution >= 0.6 is 15.9 Å². The predicted octanol–water partition coefficient (Wildman–Crippen LogP) is 4.55. The van der Waals surface area contributed by atoms with E-state index in [0.717, 1.165) is 21.0 Å². The lowest BCUT2D eigenvalue weighted by Gasteiger charge is -2.12. The minimum atomic E-state index is -0.237. The van der Waals surface area contributed by atoms with Crippen molar-refractivity contribution in [3.05, 3.63) is 69.1 Å². The van der Waals surface area contributed by atoms with Crippen LogP contribution in [0.1, 0.15) is 23.8 Å². The number of fused-ring (bicyclic) bond motifs is 1. The van der Waals surface area contributed by atoms with Gasteiger partial charge in [0.1, 0.15) is 0 Å². The highest BCUT2D eigenvalue weighted by molar-refractivity contribution is 9.10. The number of H-pyrrole nitrogens is 1. The van der Waals surface area contributed by atoms with Crippen LogP contribution in [0.2, 0.25) is 0 Å². The third-order valence-electron chi connectivity index (χ3n) is 3.65. The van der Waals surface area contributed by atoms with Crippen molar-refractivity contribution in [2.45, 2.75) is 13.3 Å². The molecule has 0 aliphatic carbocycles. The highest BCUT2D eigenvalue weighted by Gasteiger charge is 2.17. The quantitative estimate of drug-likeness (QED) is 0.700. The molecule has 0 aliphatic heterocycles. The molecule has 0 bridgehead atoms. The van der Waals surface area contributed by atoms with Gasteiger partial charge < -0.3 is 4.98 Å². The summed E-state index contributed by atoms with van der Waals surface area (Å²) < 4.78 is 0.873. The second-order valence-electron chi connectivity index (χ2n) is 5.04. The van der Waals surface area contributed by atoms with Crippen molar-refractivity contribution in [2.24, 2.45) is 0 Å². The summed E-state index contributed by atoms with van der Waals surface area (Å²) in [6.07, 6.45) is 0.343. The number of ketones is 1. The van der Waals surface area contributed by atoms with Crippen molar-refractivity contribution in [3.63, 3.8) is 0 Å². The van der Waals surface area contributed by atoms with E-state index in [-0.39, 0.29) is 11.3 Å². The monoisotopic (exact) mass is 355 g/mol. The predicted molar refractivity (Wildman–Crippen MR) is 92.3 cm³/mol. The van der Waals surface area contributed by atoms with Gasteiger partial charge in [0.15, 0.2) is 5.78 Å². The number of halogens is 1. The number of carbonyl (C=O) groups excluding carboxylic acids is 1. The smallest absolute Gasteiger partial charge is 0.256 e. The Bertz CT molecular complexity index is 914. The Morgan fingerprint density at radius 2 is 1.82 bits per heavy atom. The van der Waals surface area contributed by atoms with Gasteiger partial charge in [-0.3, -0.25) is 9.59 Å². The molecule has 3 nitrogen and oxygen atoms in total. The highest BCUT2D eigenvalue weighted by atomic mass is 79.9. The van der Waals surface area contributed by atoms with Crippen LogP contribution in [0.3, 0.4) is 0 Å². The van der Waals surface area contributed by atoms with Crippen LogP contribution in [-0.4, -0.2) is 10.8 Å². The molecular weight excluding hydrogens is 342 g/mol. The Kier molecular flexibility index (Phi) is 3.94. The third kappa shape index (κ3) is 2.50. The minimum Gasteiger partial charge on any atom is -0.318 e. The molecule has 0 unspecified atom stereocenters. The number of carbonyl (C=O) groups is 1. The number of benzene rings is 2. The largest absolute Gasteiger partial charge is 0.318 e. The maximum Gasteiger partial charge on any atom is 0.256 e. The zero-order valence-corrected chi connectivity index (χ0v) is 13.6. The first-order valence-electron chi connectivity index (χ1n) is 7.06. The minimum absolute atomic E-state index is 0.0715. The molecule has 1 aromatic heterocycles. The SMILES string of the molecule is CCC(=O)c1[nH]c(=O)c2ccc(Br)cc2c1-c1ccccc1. The van der Waals surface area contributed by atoms with Crippen LogP contribution in [0.25, 0.3) is 21.9 Å². The molecule has 0 spiro atoms. The maximum absolute atomic E-state index is 12.3. The molecule has 0 amide bonds. The molecule has 0 fully saturated rings. The van der Waals surface area contributed by atoms with Gasteiger partial charge in [-0.05, 0) is 29.1 Å². The van der Waals surface area contributed by atoms with Gasteiger partial charge in [-0.15, -0.1) is 0 Å². The van der Waals surface area contributed by atoms with E-state index < -0.39 is 0 Å². The Hall–Kier alpha value is -2.20. The third-order valence-corrected chi connectivity index (χ3v) is 4.14. The zero-order valence-electron chi connectivity index (χ0n) is 12.0. The second-order valence-corrected chi connectivity index (χ2v) is 5.95. The summed E-state index contributed by atoms with van der Waals surface area (Å²) in [5.74, 6) is -0.0715. The molecule has 110 valence electrons. The molecule has 0 atom stereocenters. The van der Waals surface area contributed by atoms with Gasteiger partial charge in [0.05, 0.1) is 5.69 Å². The summed E-state index contributed by atoms with van der Waals surface area (Å²) in [7, 11) is 0. The van der Waals surface area contributed by atoms with Crippen molar-refractivity contribution in [3.8, 4) is 11.1 Å². The molecule has 1 N–H and O–H groups in total. The fraction of sp³-hybridized carbons (Fsp3) is 0.111. The van der Waals surface area contributed by atoms with Gasteiger partial charge in [-0.25, -0.2) is 0 Å². The number of hydrogen-bond acceptors (Lipinski definition) is 2. The van der Waals surface area contributed by atoms with Crippen LogP contribution in [0.5, 0.6) is 0 Å². The van der Waals surface area contributed by atoms with Crippen molar-refractivity contribution in [2.75, 3.05) is 0 Å². The van der Waals surface area contributed by atoms with Crippen LogP contribution in [0.4, 0.5) is 0 Å². The van der Waals surface area contributed by atoms with Crippen molar-refractivity contribution >= 4 is 32.5 Å². The summed E-state index contributed by atoms with van der Waals surface area (Å²) >= 11 is 3.45. The Balaban J connectivity index is 2.49. The Labute approximate surface area is 136 Å². The summed E-state index contributed by atoms with van der Waals surface area (Å²) in [5, 5.41) is 1.36. The Morgan fingerprint density at radius 3 is 2.50 bits per heavy atom. The topological polar surface area (TPSA) is 49.9 Å². The molecule has 4 heteroatoms. The van der Waals surface area contributed by atoms with E-state index in [9.17, 15) is 9.59 Å². The molecular formula is C18H14BrNO2. The number of Topliss-reactive ketones (excluding diaryl/α,β-unsaturated/α-hetero) is 1. The zero-order chi connectivity index (χ0) is 15.7. The average Bonchev–Trinajstić information content (AvgIpc) is 2.54. The van der Waals surface area contributed by atoms with Gasteiger partial charge in [-0.1, -0.05) is 53.2 Å². The van der Waals surface area contributed by atoms with E-state index in [1.807, 2.05) is 42.5 Å². The molecule has 0 saturated heterocycles.